The van der Waals surface area contributed by atoms with Crippen LogP contribution in [0.4, 0.5) is 0 Å². The predicted octanol–water partition coefficient (Wildman–Crippen LogP) is 4.09. The minimum absolute atomic E-state index is 0.720. The molecule has 19 heavy (non-hydrogen) atoms. The van der Waals surface area contributed by atoms with Crippen LogP contribution in [0.3, 0.4) is 0 Å². The van der Waals surface area contributed by atoms with Gasteiger partial charge in [-0.15, -0.1) is 11.6 Å². The molecular weight excluding hydrogens is 258 g/mol. The second kappa shape index (κ2) is 11.1. The number of ether oxygens (including phenoxy) is 1. The Morgan fingerprint density at radius 2 is 2.00 bits per heavy atom. The highest BCUT2D eigenvalue weighted by molar-refractivity contribution is 6.17. The van der Waals surface area contributed by atoms with Crippen LogP contribution in [0.1, 0.15) is 32.6 Å². The van der Waals surface area contributed by atoms with Gasteiger partial charge in [0.25, 0.3) is 0 Å². The Labute approximate surface area is 122 Å². The monoisotopic (exact) mass is 283 g/mol. The highest BCUT2D eigenvalue weighted by Crippen LogP contribution is 2.11. The topological polar surface area (TPSA) is 21.3 Å². The highest BCUT2D eigenvalue weighted by atomic mass is 35.5. The summed E-state index contributed by atoms with van der Waals surface area (Å²) in [6.07, 6.45) is 4.65. The van der Waals surface area contributed by atoms with E-state index in [-0.39, 0.29) is 0 Å². The zero-order chi connectivity index (χ0) is 13.8. The molecule has 108 valence electrons. The molecule has 1 aromatic rings. The van der Waals surface area contributed by atoms with Gasteiger partial charge < -0.3 is 10.1 Å². The number of alkyl halides is 1. The molecule has 1 atom stereocenters. The molecule has 0 saturated carbocycles. The van der Waals surface area contributed by atoms with E-state index in [2.05, 4.69) is 12.2 Å². The fourth-order valence-corrected chi connectivity index (χ4v) is 2.43. The molecule has 0 amide bonds. The summed E-state index contributed by atoms with van der Waals surface area (Å²) in [5.41, 5.74) is 0. The molecule has 2 nitrogen and oxygen atoms in total. The van der Waals surface area contributed by atoms with Gasteiger partial charge in [-0.1, -0.05) is 31.5 Å². The minimum Gasteiger partial charge on any atom is -0.494 e. The van der Waals surface area contributed by atoms with Gasteiger partial charge in [0.2, 0.25) is 0 Å². The number of benzene rings is 1. The zero-order valence-electron chi connectivity index (χ0n) is 11.9. The van der Waals surface area contributed by atoms with E-state index in [0.717, 1.165) is 50.1 Å². The third-order valence-corrected chi connectivity index (χ3v) is 3.38. The zero-order valence-corrected chi connectivity index (χ0v) is 12.7. The Morgan fingerprint density at radius 3 is 2.68 bits per heavy atom. The Hall–Kier alpha value is -0.730. The first-order valence-electron chi connectivity index (χ1n) is 7.31. The van der Waals surface area contributed by atoms with Crippen molar-refractivity contribution in [1.29, 1.82) is 0 Å². The van der Waals surface area contributed by atoms with Crippen LogP contribution in [0.2, 0.25) is 0 Å². The molecule has 0 aliphatic carbocycles. The lowest BCUT2D eigenvalue weighted by Crippen LogP contribution is -2.25. The van der Waals surface area contributed by atoms with Crippen molar-refractivity contribution in [2.24, 2.45) is 5.92 Å². The molecule has 0 spiro atoms. The van der Waals surface area contributed by atoms with Crippen LogP contribution in [-0.4, -0.2) is 25.6 Å². The molecule has 0 aromatic heterocycles. The summed E-state index contributed by atoms with van der Waals surface area (Å²) < 4.78 is 5.65. The molecule has 1 N–H and O–H groups in total. The average Bonchev–Trinajstić information content (AvgIpc) is 2.44. The summed E-state index contributed by atoms with van der Waals surface area (Å²) in [4.78, 5) is 0. The number of hydrogen-bond donors (Lipinski definition) is 1. The maximum atomic E-state index is 5.81. The molecular formula is C16H26ClNO. The number of halogens is 1. The molecule has 0 fully saturated rings. The van der Waals surface area contributed by atoms with Crippen molar-refractivity contribution in [3.63, 3.8) is 0 Å². The lowest BCUT2D eigenvalue weighted by molar-refractivity contribution is 0.305. The van der Waals surface area contributed by atoms with Gasteiger partial charge in [0.15, 0.2) is 0 Å². The third kappa shape index (κ3) is 8.12. The average molecular weight is 284 g/mol. The molecule has 0 radical (unpaired) electrons. The number of rotatable bonds is 11. The largest absolute Gasteiger partial charge is 0.494 e. The second-order valence-corrected chi connectivity index (χ2v) is 5.23. The predicted molar refractivity (Wildman–Crippen MR) is 83.2 cm³/mol. The van der Waals surface area contributed by atoms with Gasteiger partial charge in [-0.3, -0.25) is 0 Å². The van der Waals surface area contributed by atoms with Crippen molar-refractivity contribution in [1.82, 2.24) is 5.32 Å². The lowest BCUT2D eigenvalue weighted by Gasteiger charge is -2.15. The van der Waals surface area contributed by atoms with Gasteiger partial charge in [-0.25, -0.2) is 0 Å². The molecule has 1 rings (SSSR count). The van der Waals surface area contributed by atoms with E-state index in [9.17, 15) is 0 Å². The van der Waals surface area contributed by atoms with Crippen LogP contribution in [0.15, 0.2) is 30.3 Å². The van der Waals surface area contributed by atoms with Crippen LogP contribution in [0.5, 0.6) is 5.75 Å². The Morgan fingerprint density at radius 1 is 1.21 bits per heavy atom. The minimum atomic E-state index is 0.720. The number of nitrogens with one attached hydrogen (secondary N) is 1. The Balaban J connectivity index is 2.01. The standard InChI is InChI=1S/C16H26ClNO/c1-2-7-15(10-11-17)14-18-12-6-13-19-16-8-4-3-5-9-16/h3-5,8-9,15,18H,2,6-7,10-14H2,1H3. The van der Waals surface area contributed by atoms with E-state index in [1.54, 1.807) is 0 Å². The smallest absolute Gasteiger partial charge is 0.119 e. The maximum absolute atomic E-state index is 5.81. The van der Waals surface area contributed by atoms with E-state index in [0.29, 0.717) is 0 Å². The molecule has 1 unspecified atom stereocenters. The SMILES string of the molecule is CCCC(CCCl)CNCCCOc1ccccc1. The first kappa shape index (κ1) is 16.3. The summed E-state index contributed by atoms with van der Waals surface area (Å²) in [7, 11) is 0. The highest BCUT2D eigenvalue weighted by Gasteiger charge is 2.05. The maximum Gasteiger partial charge on any atom is 0.119 e. The first-order valence-corrected chi connectivity index (χ1v) is 7.84. The van der Waals surface area contributed by atoms with Crippen molar-refractivity contribution in [2.75, 3.05) is 25.6 Å². The summed E-state index contributed by atoms with van der Waals surface area (Å²) in [5.74, 6) is 2.44. The van der Waals surface area contributed by atoms with Crippen molar-refractivity contribution < 1.29 is 4.74 Å². The van der Waals surface area contributed by atoms with Crippen molar-refractivity contribution in [2.45, 2.75) is 32.6 Å². The van der Waals surface area contributed by atoms with Crippen LogP contribution in [0.25, 0.3) is 0 Å². The lowest BCUT2D eigenvalue weighted by atomic mass is 10.0. The van der Waals surface area contributed by atoms with Gasteiger partial charge in [0, 0.05) is 5.88 Å². The van der Waals surface area contributed by atoms with Crippen LogP contribution in [-0.2, 0) is 0 Å². The fourth-order valence-electron chi connectivity index (χ4n) is 2.12. The van der Waals surface area contributed by atoms with Gasteiger partial charge >= 0.3 is 0 Å². The van der Waals surface area contributed by atoms with E-state index < -0.39 is 0 Å². The summed E-state index contributed by atoms with van der Waals surface area (Å²) in [5, 5.41) is 3.50. The molecule has 1 aromatic carbocycles. The van der Waals surface area contributed by atoms with Gasteiger partial charge in [0.05, 0.1) is 6.61 Å². The number of para-hydroxylation sites is 1. The van der Waals surface area contributed by atoms with Crippen LogP contribution >= 0.6 is 11.6 Å². The van der Waals surface area contributed by atoms with Crippen molar-refractivity contribution in [3.8, 4) is 5.75 Å². The van der Waals surface area contributed by atoms with E-state index >= 15 is 0 Å². The van der Waals surface area contributed by atoms with Crippen molar-refractivity contribution >= 4 is 11.6 Å². The van der Waals surface area contributed by atoms with E-state index in [1.807, 2.05) is 30.3 Å². The fraction of sp³-hybridized carbons (Fsp3) is 0.625. The molecule has 0 bridgehead atoms. The van der Waals surface area contributed by atoms with E-state index in [4.69, 9.17) is 16.3 Å². The summed E-state index contributed by atoms with van der Waals surface area (Å²) >= 11 is 5.81. The summed E-state index contributed by atoms with van der Waals surface area (Å²) in [6.45, 7) is 5.08. The van der Waals surface area contributed by atoms with Gasteiger partial charge in [-0.05, 0) is 50.4 Å². The molecule has 0 aliphatic heterocycles. The first-order chi connectivity index (χ1) is 9.36. The molecule has 0 aliphatic rings. The van der Waals surface area contributed by atoms with Crippen LogP contribution < -0.4 is 10.1 Å². The van der Waals surface area contributed by atoms with Crippen LogP contribution in [0, 0.1) is 5.92 Å². The van der Waals surface area contributed by atoms with E-state index in [1.165, 1.54) is 12.8 Å². The normalized spacial score (nSPS) is 12.3. The molecule has 0 saturated heterocycles. The molecule has 3 heteroatoms. The third-order valence-electron chi connectivity index (χ3n) is 3.16. The quantitative estimate of drug-likeness (QED) is 0.488. The van der Waals surface area contributed by atoms with Gasteiger partial charge in [0.1, 0.15) is 5.75 Å². The van der Waals surface area contributed by atoms with Gasteiger partial charge in [-0.2, -0.15) is 0 Å². The Bertz CT molecular complexity index is 299. The second-order valence-electron chi connectivity index (χ2n) is 4.85. The molecule has 0 heterocycles. The van der Waals surface area contributed by atoms with Crippen molar-refractivity contribution in [3.05, 3.63) is 30.3 Å². The Kier molecular flexibility index (Phi) is 9.56. The number of hydrogen-bond acceptors (Lipinski definition) is 2. The summed E-state index contributed by atoms with van der Waals surface area (Å²) in [6, 6.07) is 9.97.